The van der Waals surface area contributed by atoms with Crippen molar-refractivity contribution < 1.29 is 14.3 Å². The molecule has 1 N–H and O–H groups in total. The SMILES string of the molecule is CCN(Cc1ccccc1)C(=O)c1ccnc(Nc2cccc(C(=O)OC)c2)c1. The van der Waals surface area contributed by atoms with Crippen LogP contribution in [0.3, 0.4) is 0 Å². The van der Waals surface area contributed by atoms with Crippen molar-refractivity contribution in [1.82, 2.24) is 9.88 Å². The van der Waals surface area contributed by atoms with Gasteiger partial charge in [-0.25, -0.2) is 9.78 Å². The van der Waals surface area contributed by atoms with Crippen LogP contribution in [0.1, 0.15) is 33.2 Å². The van der Waals surface area contributed by atoms with Gasteiger partial charge in [-0.2, -0.15) is 0 Å². The molecule has 0 unspecified atom stereocenters. The van der Waals surface area contributed by atoms with Gasteiger partial charge in [0.05, 0.1) is 12.7 Å². The van der Waals surface area contributed by atoms with E-state index in [2.05, 4.69) is 10.3 Å². The second kappa shape index (κ2) is 9.50. The maximum Gasteiger partial charge on any atom is 0.337 e. The number of aromatic nitrogens is 1. The fourth-order valence-electron chi connectivity index (χ4n) is 2.94. The van der Waals surface area contributed by atoms with E-state index < -0.39 is 5.97 Å². The summed E-state index contributed by atoms with van der Waals surface area (Å²) in [4.78, 5) is 30.7. The molecule has 0 bridgehead atoms. The summed E-state index contributed by atoms with van der Waals surface area (Å²) in [5.41, 5.74) is 2.74. The van der Waals surface area contributed by atoms with Crippen LogP contribution in [0, 0.1) is 0 Å². The number of nitrogens with one attached hydrogen (secondary N) is 1. The van der Waals surface area contributed by atoms with Gasteiger partial charge < -0.3 is 15.0 Å². The van der Waals surface area contributed by atoms with Crippen LogP contribution in [-0.2, 0) is 11.3 Å². The molecule has 0 aliphatic carbocycles. The van der Waals surface area contributed by atoms with Gasteiger partial charge in [0.1, 0.15) is 5.82 Å². The number of anilines is 2. The highest BCUT2D eigenvalue weighted by atomic mass is 16.5. The second-order valence-corrected chi connectivity index (χ2v) is 6.43. The topological polar surface area (TPSA) is 71.5 Å². The molecule has 0 radical (unpaired) electrons. The molecule has 0 saturated carbocycles. The molecular formula is C23H23N3O3. The summed E-state index contributed by atoms with van der Waals surface area (Å²) in [7, 11) is 1.34. The van der Waals surface area contributed by atoms with E-state index in [0.29, 0.717) is 35.7 Å². The third kappa shape index (κ3) is 5.19. The molecule has 0 aliphatic heterocycles. The predicted octanol–water partition coefficient (Wildman–Crippen LogP) is 4.27. The summed E-state index contributed by atoms with van der Waals surface area (Å²) in [6.45, 7) is 3.10. The summed E-state index contributed by atoms with van der Waals surface area (Å²) < 4.78 is 4.75. The number of carbonyl (C=O) groups is 2. The summed E-state index contributed by atoms with van der Waals surface area (Å²) >= 11 is 0. The van der Waals surface area contributed by atoms with Crippen LogP contribution >= 0.6 is 0 Å². The number of esters is 1. The quantitative estimate of drug-likeness (QED) is 0.611. The van der Waals surface area contributed by atoms with Gasteiger partial charge in [0.25, 0.3) is 5.91 Å². The van der Waals surface area contributed by atoms with E-state index in [4.69, 9.17) is 4.74 Å². The smallest absolute Gasteiger partial charge is 0.337 e. The van der Waals surface area contributed by atoms with Gasteiger partial charge >= 0.3 is 5.97 Å². The number of hydrogen-bond donors (Lipinski definition) is 1. The Labute approximate surface area is 170 Å². The molecule has 1 aromatic heterocycles. The number of carbonyl (C=O) groups excluding carboxylic acids is 2. The van der Waals surface area contributed by atoms with Crippen molar-refractivity contribution in [3.05, 3.63) is 89.6 Å². The molecule has 29 heavy (non-hydrogen) atoms. The summed E-state index contributed by atoms with van der Waals surface area (Å²) in [6, 6.07) is 20.2. The highest BCUT2D eigenvalue weighted by molar-refractivity contribution is 5.95. The van der Waals surface area contributed by atoms with Crippen LogP contribution < -0.4 is 5.32 Å². The standard InChI is InChI=1S/C23H23N3O3/c1-3-26(16-17-8-5-4-6-9-17)22(27)18-12-13-24-21(15-18)25-20-11-7-10-19(14-20)23(28)29-2/h4-15H,3,16H2,1-2H3,(H,24,25). The van der Waals surface area contributed by atoms with Gasteiger partial charge in [-0.1, -0.05) is 36.4 Å². The third-order valence-corrected chi connectivity index (χ3v) is 4.45. The largest absolute Gasteiger partial charge is 0.465 e. The Kier molecular flexibility index (Phi) is 6.58. The average molecular weight is 389 g/mol. The van der Waals surface area contributed by atoms with E-state index in [-0.39, 0.29) is 5.91 Å². The van der Waals surface area contributed by atoms with E-state index in [1.165, 1.54) is 7.11 Å². The summed E-state index contributed by atoms with van der Waals surface area (Å²) in [5, 5.41) is 3.14. The van der Waals surface area contributed by atoms with E-state index in [1.54, 1.807) is 41.4 Å². The minimum absolute atomic E-state index is 0.0647. The fraction of sp³-hybridized carbons (Fsp3) is 0.174. The molecular weight excluding hydrogens is 366 g/mol. The van der Waals surface area contributed by atoms with Crippen LogP contribution in [0.5, 0.6) is 0 Å². The Hall–Kier alpha value is -3.67. The average Bonchev–Trinajstić information content (AvgIpc) is 2.77. The summed E-state index contributed by atoms with van der Waals surface area (Å²) in [5.74, 6) is 0.0452. The van der Waals surface area contributed by atoms with Crippen molar-refractivity contribution in [3.63, 3.8) is 0 Å². The number of ether oxygens (including phenoxy) is 1. The number of hydrogen-bond acceptors (Lipinski definition) is 5. The van der Waals surface area contributed by atoms with Gasteiger partial charge in [0.2, 0.25) is 0 Å². The molecule has 0 fully saturated rings. The molecule has 0 atom stereocenters. The van der Waals surface area contributed by atoms with Crippen LogP contribution in [0.15, 0.2) is 72.9 Å². The highest BCUT2D eigenvalue weighted by Gasteiger charge is 2.15. The number of rotatable bonds is 7. The highest BCUT2D eigenvalue weighted by Crippen LogP contribution is 2.19. The first-order valence-corrected chi connectivity index (χ1v) is 9.35. The Morgan fingerprint density at radius 3 is 2.52 bits per heavy atom. The lowest BCUT2D eigenvalue weighted by atomic mass is 10.1. The van der Waals surface area contributed by atoms with Gasteiger partial charge in [-0.3, -0.25) is 4.79 Å². The molecule has 2 aromatic carbocycles. The number of benzene rings is 2. The first-order valence-electron chi connectivity index (χ1n) is 9.35. The Morgan fingerprint density at radius 1 is 1.00 bits per heavy atom. The lowest BCUT2D eigenvalue weighted by Gasteiger charge is -2.21. The molecule has 3 aromatic rings. The van der Waals surface area contributed by atoms with Crippen LogP contribution in [0.2, 0.25) is 0 Å². The van der Waals surface area contributed by atoms with E-state index >= 15 is 0 Å². The van der Waals surface area contributed by atoms with Crippen molar-refractivity contribution in [2.45, 2.75) is 13.5 Å². The first-order chi connectivity index (χ1) is 14.1. The first kappa shape index (κ1) is 20.1. The van der Waals surface area contributed by atoms with E-state index in [0.717, 1.165) is 5.56 Å². The van der Waals surface area contributed by atoms with Gasteiger partial charge in [0.15, 0.2) is 0 Å². The normalized spacial score (nSPS) is 10.3. The Balaban J connectivity index is 1.76. The van der Waals surface area contributed by atoms with Crippen molar-refractivity contribution >= 4 is 23.4 Å². The maximum absolute atomic E-state index is 13.0. The molecule has 6 nitrogen and oxygen atoms in total. The second-order valence-electron chi connectivity index (χ2n) is 6.43. The molecule has 0 spiro atoms. The van der Waals surface area contributed by atoms with Crippen LogP contribution in [0.4, 0.5) is 11.5 Å². The number of nitrogens with zero attached hydrogens (tertiary/aromatic N) is 2. The van der Waals surface area contributed by atoms with Crippen molar-refractivity contribution in [2.75, 3.05) is 19.0 Å². The molecule has 1 amide bonds. The monoisotopic (exact) mass is 389 g/mol. The number of methoxy groups -OCH3 is 1. The van der Waals surface area contributed by atoms with Gasteiger partial charge in [-0.05, 0) is 42.8 Å². The lowest BCUT2D eigenvalue weighted by molar-refractivity contribution is 0.0600. The molecule has 0 aliphatic rings. The van der Waals surface area contributed by atoms with Gasteiger partial charge in [0, 0.05) is 30.5 Å². The number of amides is 1. The zero-order valence-corrected chi connectivity index (χ0v) is 16.5. The Bertz CT molecular complexity index is 989. The van der Waals surface area contributed by atoms with Crippen LogP contribution in [-0.4, -0.2) is 35.4 Å². The maximum atomic E-state index is 13.0. The Morgan fingerprint density at radius 2 is 1.79 bits per heavy atom. The van der Waals surface area contributed by atoms with Crippen LogP contribution in [0.25, 0.3) is 0 Å². The number of pyridine rings is 1. The van der Waals surface area contributed by atoms with E-state index in [1.807, 2.05) is 43.3 Å². The predicted molar refractivity (Wildman–Crippen MR) is 112 cm³/mol. The lowest BCUT2D eigenvalue weighted by Crippen LogP contribution is -2.30. The minimum atomic E-state index is -0.412. The molecule has 3 rings (SSSR count). The van der Waals surface area contributed by atoms with Crippen molar-refractivity contribution in [1.29, 1.82) is 0 Å². The molecule has 148 valence electrons. The van der Waals surface area contributed by atoms with Crippen molar-refractivity contribution in [3.8, 4) is 0 Å². The third-order valence-electron chi connectivity index (χ3n) is 4.45. The zero-order chi connectivity index (χ0) is 20.6. The minimum Gasteiger partial charge on any atom is -0.465 e. The molecule has 0 saturated heterocycles. The van der Waals surface area contributed by atoms with Crippen molar-refractivity contribution in [2.24, 2.45) is 0 Å². The fourth-order valence-corrected chi connectivity index (χ4v) is 2.94. The van der Waals surface area contributed by atoms with E-state index in [9.17, 15) is 9.59 Å². The van der Waals surface area contributed by atoms with Gasteiger partial charge in [-0.15, -0.1) is 0 Å². The summed E-state index contributed by atoms with van der Waals surface area (Å²) in [6.07, 6.45) is 1.59. The zero-order valence-electron chi connectivity index (χ0n) is 16.5. The molecule has 1 heterocycles. The molecule has 6 heteroatoms.